The third kappa shape index (κ3) is 4.53. The number of non-ortho nitro benzene ring substituents is 1. The molecule has 0 bridgehead atoms. The molecule has 178 valence electrons. The zero-order chi connectivity index (χ0) is 23.7. The van der Waals surface area contributed by atoms with Crippen LogP contribution in [0.4, 0.5) is 5.69 Å². The van der Waals surface area contributed by atoms with Crippen LogP contribution in [0.2, 0.25) is 0 Å². The van der Waals surface area contributed by atoms with Crippen molar-refractivity contribution < 1.29 is 24.0 Å². The molecular weight excluding hydrogens is 460 g/mol. The van der Waals surface area contributed by atoms with Crippen molar-refractivity contribution in [2.24, 2.45) is 0 Å². The Balaban J connectivity index is 1.13. The highest BCUT2D eigenvalue weighted by Crippen LogP contribution is 2.39. The lowest BCUT2D eigenvalue weighted by Gasteiger charge is -2.39. The molecule has 0 saturated carbocycles. The summed E-state index contributed by atoms with van der Waals surface area (Å²) in [6.07, 6.45) is 1.40. The second-order valence-electron chi connectivity index (χ2n) is 8.51. The maximum atomic E-state index is 12.8. The van der Waals surface area contributed by atoms with Crippen LogP contribution in [0.25, 0.3) is 0 Å². The Morgan fingerprint density at radius 1 is 1.18 bits per heavy atom. The van der Waals surface area contributed by atoms with E-state index in [4.69, 9.17) is 9.47 Å². The predicted molar refractivity (Wildman–Crippen MR) is 125 cm³/mol. The largest absolute Gasteiger partial charge is 0.454 e. The van der Waals surface area contributed by atoms with Crippen LogP contribution in [0.15, 0.2) is 42.5 Å². The van der Waals surface area contributed by atoms with Crippen molar-refractivity contribution in [3.63, 3.8) is 0 Å². The molecule has 2 amide bonds. The number of carbonyl (C=O) groups is 2. The van der Waals surface area contributed by atoms with E-state index in [-0.39, 0.29) is 35.2 Å². The molecule has 10 nitrogen and oxygen atoms in total. The molecule has 11 heteroatoms. The van der Waals surface area contributed by atoms with Gasteiger partial charge >= 0.3 is 0 Å². The molecule has 1 spiro atoms. The molecule has 2 aromatic carbocycles. The van der Waals surface area contributed by atoms with E-state index in [1.165, 1.54) is 18.2 Å². The first-order chi connectivity index (χ1) is 16.4. The number of carbonyl (C=O) groups excluding carboxylic acids is 2. The third-order valence-corrected chi connectivity index (χ3v) is 7.92. The molecule has 0 aromatic heterocycles. The van der Waals surface area contributed by atoms with Crippen LogP contribution < -0.4 is 20.1 Å². The highest BCUT2D eigenvalue weighted by molar-refractivity contribution is 8.01. The monoisotopic (exact) mass is 484 g/mol. The lowest BCUT2D eigenvalue weighted by Crippen LogP contribution is -2.54. The number of likely N-dealkylation sites (tertiary alicyclic amines) is 1. The van der Waals surface area contributed by atoms with Crippen LogP contribution in [-0.2, 0) is 11.3 Å². The molecule has 3 aliphatic rings. The molecule has 1 atom stereocenters. The number of benzene rings is 2. The highest BCUT2D eigenvalue weighted by atomic mass is 32.2. The van der Waals surface area contributed by atoms with Crippen molar-refractivity contribution in [3.8, 4) is 11.5 Å². The molecule has 1 unspecified atom stereocenters. The first-order valence-electron chi connectivity index (χ1n) is 11.0. The number of nitro benzene ring substituents is 1. The van der Waals surface area contributed by atoms with Crippen molar-refractivity contribution >= 4 is 29.3 Å². The lowest BCUT2D eigenvalue weighted by atomic mass is 10.0. The molecule has 0 radical (unpaired) electrons. The molecular formula is C23H24N4O6S. The number of nitro groups is 1. The van der Waals surface area contributed by atoms with Crippen molar-refractivity contribution in [2.75, 3.05) is 25.6 Å². The van der Waals surface area contributed by atoms with Gasteiger partial charge in [-0.1, -0.05) is 12.1 Å². The Labute approximate surface area is 200 Å². The standard InChI is InChI=1S/C23H24N4O6S/c28-21(24-12-15-4-5-19-20(10-15)33-14-32-19)18-13-34-23(25-18)6-8-26(9-7-23)22(29)16-2-1-3-17(11-16)27(30)31/h1-5,10-11,18,25H,6-9,12-14H2,(H,24,28). The number of amides is 2. The first-order valence-corrected chi connectivity index (χ1v) is 12.0. The maximum Gasteiger partial charge on any atom is 0.270 e. The molecule has 3 aliphatic heterocycles. The van der Waals surface area contributed by atoms with Crippen LogP contribution in [0.1, 0.15) is 28.8 Å². The van der Waals surface area contributed by atoms with Gasteiger partial charge in [0.1, 0.15) is 0 Å². The molecule has 34 heavy (non-hydrogen) atoms. The number of fused-ring (bicyclic) bond motifs is 1. The number of hydrogen-bond donors (Lipinski definition) is 2. The van der Waals surface area contributed by atoms with Gasteiger partial charge in [0.15, 0.2) is 11.5 Å². The molecule has 2 saturated heterocycles. The lowest BCUT2D eigenvalue weighted by molar-refractivity contribution is -0.384. The maximum absolute atomic E-state index is 12.8. The third-order valence-electron chi connectivity index (χ3n) is 6.35. The Morgan fingerprint density at radius 3 is 2.76 bits per heavy atom. The predicted octanol–water partition coefficient (Wildman–Crippen LogP) is 2.28. The minimum atomic E-state index is -0.501. The second kappa shape index (κ2) is 9.15. The van der Waals surface area contributed by atoms with Gasteiger partial charge in [0.25, 0.3) is 11.6 Å². The van der Waals surface area contributed by atoms with E-state index in [1.54, 1.807) is 22.7 Å². The topological polar surface area (TPSA) is 123 Å². The minimum absolute atomic E-state index is 0.0582. The summed E-state index contributed by atoms with van der Waals surface area (Å²) in [7, 11) is 0. The molecule has 5 rings (SSSR count). The van der Waals surface area contributed by atoms with E-state index >= 15 is 0 Å². The summed E-state index contributed by atoms with van der Waals surface area (Å²) in [6.45, 7) is 1.65. The van der Waals surface area contributed by atoms with Crippen LogP contribution >= 0.6 is 11.8 Å². The number of thioether (sulfide) groups is 1. The van der Waals surface area contributed by atoms with Gasteiger partial charge in [-0.15, -0.1) is 11.8 Å². The highest BCUT2D eigenvalue weighted by Gasteiger charge is 2.44. The van der Waals surface area contributed by atoms with Crippen molar-refractivity contribution in [3.05, 3.63) is 63.7 Å². The Morgan fingerprint density at radius 2 is 1.97 bits per heavy atom. The summed E-state index contributed by atoms with van der Waals surface area (Å²) < 4.78 is 10.7. The van der Waals surface area contributed by atoms with Gasteiger partial charge in [-0.05, 0) is 36.6 Å². The zero-order valence-corrected chi connectivity index (χ0v) is 19.1. The molecule has 2 aromatic rings. The van der Waals surface area contributed by atoms with Gasteiger partial charge in [-0.2, -0.15) is 0 Å². The van der Waals surface area contributed by atoms with Gasteiger partial charge in [-0.25, -0.2) is 0 Å². The Kier molecular flexibility index (Phi) is 6.05. The quantitative estimate of drug-likeness (QED) is 0.490. The van der Waals surface area contributed by atoms with E-state index in [2.05, 4.69) is 10.6 Å². The number of nitrogens with zero attached hydrogens (tertiary/aromatic N) is 2. The number of rotatable bonds is 5. The summed E-state index contributed by atoms with van der Waals surface area (Å²) in [5.41, 5.74) is 1.16. The zero-order valence-electron chi connectivity index (χ0n) is 18.3. The summed E-state index contributed by atoms with van der Waals surface area (Å²) in [6, 6.07) is 11.1. The van der Waals surface area contributed by atoms with Gasteiger partial charge in [0, 0.05) is 43.1 Å². The van der Waals surface area contributed by atoms with Crippen molar-refractivity contribution in [1.29, 1.82) is 0 Å². The molecule has 0 aliphatic carbocycles. The van der Waals surface area contributed by atoms with Crippen LogP contribution in [0, 0.1) is 10.1 Å². The number of hydrogen-bond acceptors (Lipinski definition) is 8. The first kappa shape index (κ1) is 22.5. The number of piperidine rings is 1. The van der Waals surface area contributed by atoms with E-state index in [0.717, 1.165) is 5.56 Å². The second-order valence-corrected chi connectivity index (χ2v) is 9.91. The van der Waals surface area contributed by atoms with Crippen LogP contribution in [-0.4, -0.2) is 58.2 Å². The molecule has 2 N–H and O–H groups in total. The van der Waals surface area contributed by atoms with Crippen molar-refractivity contribution in [2.45, 2.75) is 30.3 Å². The number of nitrogens with one attached hydrogen (secondary N) is 2. The average molecular weight is 485 g/mol. The Bertz CT molecular complexity index is 1130. The summed E-state index contributed by atoms with van der Waals surface area (Å²) >= 11 is 1.72. The van der Waals surface area contributed by atoms with Crippen LogP contribution in [0.5, 0.6) is 11.5 Å². The van der Waals surface area contributed by atoms with Gasteiger partial charge < -0.3 is 19.7 Å². The van der Waals surface area contributed by atoms with E-state index in [0.29, 0.717) is 55.3 Å². The van der Waals surface area contributed by atoms with Gasteiger partial charge in [0.05, 0.1) is 15.8 Å². The average Bonchev–Trinajstić information content (AvgIpc) is 3.50. The fourth-order valence-corrected chi connectivity index (χ4v) is 5.86. The minimum Gasteiger partial charge on any atom is -0.454 e. The van der Waals surface area contributed by atoms with E-state index in [9.17, 15) is 19.7 Å². The van der Waals surface area contributed by atoms with Gasteiger partial charge in [-0.3, -0.25) is 25.0 Å². The summed E-state index contributed by atoms with van der Waals surface area (Å²) in [4.78, 5) is 37.6. The summed E-state index contributed by atoms with van der Waals surface area (Å²) in [5, 5.41) is 17.5. The Hall–Kier alpha value is -3.31. The number of ether oxygens (including phenoxy) is 2. The van der Waals surface area contributed by atoms with Gasteiger partial charge in [0.2, 0.25) is 12.7 Å². The fourth-order valence-electron chi connectivity index (χ4n) is 4.44. The smallest absolute Gasteiger partial charge is 0.270 e. The fraction of sp³-hybridized carbons (Fsp3) is 0.391. The van der Waals surface area contributed by atoms with Crippen LogP contribution in [0.3, 0.4) is 0 Å². The summed E-state index contributed by atoms with van der Waals surface area (Å²) in [5.74, 6) is 1.79. The SMILES string of the molecule is O=C(NCc1ccc2c(c1)OCO2)C1CSC2(CCN(C(=O)c3cccc([N+](=O)[O-])c3)CC2)N1. The van der Waals surface area contributed by atoms with E-state index in [1.807, 2.05) is 18.2 Å². The normalized spacial score (nSPS) is 20.4. The molecule has 3 heterocycles. The van der Waals surface area contributed by atoms with Crippen molar-refractivity contribution in [1.82, 2.24) is 15.5 Å². The molecule has 2 fully saturated rings. The van der Waals surface area contributed by atoms with E-state index < -0.39 is 4.92 Å².